The Hall–Kier alpha value is -1.43. The number of carbonyl (C=O) groups excluding carboxylic acids is 1. The predicted molar refractivity (Wildman–Crippen MR) is 55.8 cm³/mol. The second-order valence-electron chi connectivity index (χ2n) is 2.78. The van der Waals surface area contributed by atoms with Gasteiger partial charge < -0.3 is 0 Å². The van der Waals surface area contributed by atoms with Crippen LogP contribution in [0.4, 0.5) is 10.1 Å². The highest BCUT2D eigenvalue weighted by Crippen LogP contribution is 2.17. The van der Waals surface area contributed by atoms with Gasteiger partial charge in [-0.05, 0) is 12.3 Å². The highest BCUT2D eigenvalue weighted by molar-refractivity contribution is 7.99. The van der Waals surface area contributed by atoms with Crippen molar-refractivity contribution in [3.8, 4) is 0 Å². The molecule has 0 heterocycles. The molecular weight excluding hydrogens is 221 g/mol. The summed E-state index contributed by atoms with van der Waals surface area (Å²) in [6, 6.07) is 3.02. The van der Waals surface area contributed by atoms with Gasteiger partial charge in [-0.15, -0.1) is 0 Å². The standard InChI is InChI=1S/C9H8FNO3S/c1-15-5-9(12)7-3-2-6(11(13)14)4-8(7)10/h2-4H,5H2,1H3. The fourth-order valence-corrected chi connectivity index (χ4v) is 1.47. The summed E-state index contributed by atoms with van der Waals surface area (Å²) >= 11 is 1.27. The van der Waals surface area contributed by atoms with Gasteiger partial charge in [0.25, 0.3) is 5.69 Å². The van der Waals surface area contributed by atoms with Crippen molar-refractivity contribution >= 4 is 23.2 Å². The molecule has 0 N–H and O–H groups in total. The highest BCUT2D eigenvalue weighted by Gasteiger charge is 2.15. The van der Waals surface area contributed by atoms with Gasteiger partial charge in [-0.1, -0.05) is 0 Å². The summed E-state index contributed by atoms with van der Waals surface area (Å²) in [7, 11) is 0. The monoisotopic (exact) mass is 229 g/mol. The molecule has 0 aliphatic heterocycles. The number of nitrogens with zero attached hydrogens (tertiary/aromatic N) is 1. The molecule has 0 aliphatic rings. The molecule has 0 bridgehead atoms. The summed E-state index contributed by atoms with van der Waals surface area (Å²) in [5.74, 6) is -1.05. The Morgan fingerprint density at radius 3 is 2.73 bits per heavy atom. The van der Waals surface area contributed by atoms with E-state index in [4.69, 9.17) is 0 Å². The Labute approximate surface area is 89.6 Å². The van der Waals surface area contributed by atoms with Crippen LogP contribution in [0, 0.1) is 15.9 Å². The van der Waals surface area contributed by atoms with Crippen molar-refractivity contribution in [2.45, 2.75) is 0 Å². The van der Waals surface area contributed by atoms with Gasteiger partial charge in [0.15, 0.2) is 5.78 Å². The lowest BCUT2D eigenvalue weighted by molar-refractivity contribution is -0.385. The minimum Gasteiger partial charge on any atom is -0.293 e. The number of hydrogen-bond acceptors (Lipinski definition) is 4. The molecule has 0 unspecified atom stereocenters. The first-order chi connectivity index (χ1) is 7.06. The summed E-state index contributed by atoms with van der Waals surface area (Å²) in [4.78, 5) is 20.9. The highest BCUT2D eigenvalue weighted by atomic mass is 32.2. The van der Waals surface area contributed by atoms with Crippen LogP contribution in [0.2, 0.25) is 0 Å². The molecule has 0 radical (unpaired) electrons. The minimum atomic E-state index is -0.844. The number of Topliss-reactive ketones (excluding diaryl/α,β-unsaturated/α-hetero) is 1. The van der Waals surface area contributed by atoms with Crippen LogP contribution in [0.3, 0.4) is 0 Å². The third-order valence-electron chi connectivity index (χ3n) is 1.74. The number of nitro benzene ring substituents is 1. The van der Waals surface area contributed by atoms with Crippen LogP contribution >= 0.6 is 11.8 Å². The van der Waals surface area contributed by atoms with Crippen LogP contribution in [0.5, 0.6) is 0 Å². The van der Waals surface area contributed by atoms with Gasteiger partial charge in [0.05, 0.1) is 22.3 Å². The van der Waals surface area contributed by atoms with Crippen LogP contribution in [-0.2, 0) is 0 Å². The summed E-state index contributed by atoms with van der Waals surface area (Å²) in [5.41, 5.74) is -0.455. The number of thioether (sulfide) groups is 1. The quantitative estimate of drug-likeness (QED) is 0.451. The molecule has 0 spiro atoms. The Kier molecular flexibility index (Phi) is 3.79. The van der Waals surface area contributed by atoms with Gasteiger partial charge in [0, 0.05) is 6.07 Å². The van der Waals surface area contributed by atoms with Crippen LogP contribution in [0.1, 0.15) is 10.4 Å². The molecule has 0 saturated heterocycles. The molecule has 0 saturated carbocycles. The van der Waals surface area contributed by atoms with Crippen molar-refractivity contribution in [1.82, 2.24) is 0 Å². The van der Waals surface area contributed by atoms with E-state index in [0.29, 0.717) is 0 Å². The van der Waals surface area contributed by atoms with E-state index in [1.807, 2.05) is 0 Å². The fraction of sp³-hybridized carbons (Fsp3) is 0.222. The van der Waals surface area contributed by atoms with Crippen molar-refractivity contribution in [2.75, 3.05) is 12.0 Å². The molecule has 15 heavy (non-hydrogen) atoms. The Bertz CT molecular complexity index is 408. The Morgan fingerprint density at radius 1 is 1.60 bits per heavy atom. The molecular formula is C9H8FNO3S. The normalized spacial score (nSPS) is 10.0. The van der Waals surface area contributed by atoms with Crippen LogP contribution < -0.4 is 0 Å². The van der Waals surface area contributed by atoms with Crippen LogP contribution in [0.25, 0.3) is 0 Å². The van der Waals surface area contributed by atoms with E-state index >= 15 is 0 Å². The van der Waals surface area contributed by atoms with Crippen molar-refractivity contribution in [2.24, 2.45) is 0 Å². The van der Waals surface area contributed by atoms with E-state index < -0.39 is 10.7 Å². The SMILES string of the molecule is CSCC(=O)c1ccc([N+](=O)[O-])cc1F. The lowest BCUT2D eigenvalue weighted by Gasteiger charge is -2.00. The molecule has 0 amide bonds. The Balaban J connectivity index is 3.03. The summed E-state index contributed by atoms with van der Waals surface area (Å²) in [6.07, 6.45) is 1.72. The molecule has 0 aliphatic carbocycles. The smallest absolute Gasteiger partial charge is 0.272 e. The second-order valence-corrected chi connectivity index (χ2v) is 3.64. The molecule has 6 heteroatoms. The molecule has 4 nitrogen and oxygen atoms in total. The van der Waals surface area contributed by atoms with E-state index in [9.17, 15) is 19.3 Å². The largest absolute Gasteiger partial charge is 0.293 e. The van der Waals surface area contributed by atoms with Crippen molar-refractivity contribution in [3.05, 3.63) is 39.7 Å². The molecule has 80 valence electrons. The number of hydrogen-bond donors (Lipinski definition) is 0. The maximum absolute atomic E-state index is 13.2. The topological polar surface area (TPSA) is 60.2 Å². The summed E-state index contributed by atoms with van der Waals surface area (Å²) in [5, 5.41) is 10.3. The van der Waals surface area contributed by atoms with E-state index in [-0.39, 0.29) is 22.8 Å². The maximum atomic E-state index is 13.2. The average molecular weight is 229 g/mol. The van der Waals surface area contributed by atoms with E-state index in [2.05, 4.69) is 0 Å². The lowest BCUT2D eigenvalue weighted by atomic mass is 10.1. The third-order valence-corrected chi connectivity index (χ3v) is 2.29. The van der Waals surface area contributed by atoms with E-state index in [1.165, 1.54) is 11.8 Å². The lowest BCUT2D eigenvalue weighted by Crippen LogP contribution is -2.05. The number of nitro groups is 1. The van der Waals surface area contributed by atoms with Gasteiger partial charge >= 0.3 is 0 Å². The van der Waals surface area contributed by atoms with Crippen LogP contribution in [0.15, 0.2) is 18.2 Å². The number of non-ortho nitro benzene ring substituents is 1. The van der Waals surface area contributed by atoms with Gasteiger partial charge in [-0.2, -0.15) is 11.8 Å². The number of halogens is 1. The van der Waals surface area contributed by atoms with Gasteiger partial charge in [0.2, 0.25) is 0 Å². The van der Waals surface area contributed by atoms with Gasteiger partial charge in [-0.25, -0.2) is 4.39 Å². The second kappa shape index (κ2) is 4.88. The molecule has 1 rings (SSSR count). The van der Waals surface area contributed by atoms with Crippen molar-refractivity contribution in [1.29, 1.82) is 0 Å². The maximum Gasteiger partial charge on any atom is 0.272 e. The van der Waals surface area contributed by atoms with E-state index in [0.717, 1.165) is 18.2 Å². The molecule has 0 fully saturated rings. The number of ketones is 1. The minimum absolute atomic E-state index is 0.102. The predicted octanol–water partition coefficient (Wildman–Crippen LogP) is 2.28. The zero-order chi connectivity index (χ0) is 11.4. The van der Waals surface area contributed by atoms with Gasteiger partial charge in [-0.3, -0.25) is 14.9 Å². The molecule has 0 atom stereocenters. The van der Waals surface area contributed by atoms with Crippen molar-refractivity contribution < 1.29 is 14.1 Å². The molecule has 1 aromatic carbocycles. The van der Waals surface area contributed by atoms with Gasteiger partial charge in [0.1, 0.15) is 5.82 Å². The number of carbonyl (C=O) groups is 1. The van der Waals surface area contributed by atoms with Crippen molar-refractivity contribution in [3.63, 3.8) is 0 Å². The first kappa shape index (κ1) is 11.6. The Morgan fingerprint density at radius 2 is 2.27 bits per heavy atom. The van der Waals surface area contributed by atoms with E-state index in [1.54, 1.807) is 6.26 Å². The summed E-state index contributed by atoms with van der Waals surface area (Å²) < 4.78 is 13.2. The molecule has 0 aromatic heterocycles. The average Bonchev–Trinajstić information content (AvgIpc) is 2.17. The fourth-order valence-electron chi connectivity index (χ4n) is 1.05. The molecule has 1 aromatic rings. The van der Waals surface area contributed by atoms with Crippen LogP contribution in [-0.4, -0.2) is 22.7 Å². The first-order valence-electron chi connectivity index (χ1n) is 4.02. The zero-order valence-corrected chi connectivity index (χ0v) is 8.71. The summed E-state index contributed by atoms with van der Waals surface area (Å²) in [6.45, 7) is 0. The number of benzene rings is 1. The first-order valence-corrected chi connectivity index (χ1v) is 5.41. The zero-order valence-electron chi connectivity index (χ0n) is 7.90. The third kappa shape index (κ3) is 2.76. The number of rotatable bonds is 4.